The molecule has 1 aromatic heterocycles. The van der Waals surface area contributed by atoms with Crippen molar-refractivity contribution < 1.29 is 0 Å². The van der Waals surface area contributed by atoms with Crippen LogP contribution in [0.25, 0.3) is 11.0 Å². The first-order chi connectivity index (χ1) is 11.2. The van der Waals surface area contributed by atoms with E-state index in [1.807, 2.05) is 6.07 Å². The highest BCUT2D eigenvalue weighted by Crippen LogP contribution is 2.24. The highest BCUT2D eigenvalue weighted by molar-refractivity contribution is 5.75. The van der Waals surface area contributed by atoms with Crippen LogP contribution in [-0.4, -0.2) is 9.97 Å². The molecular weight excluding hydrogens is 284 g/mol. The third-order valence-corrected chi connectivity index (χ3v) is 4.85. The van der Waals surface area contributed by atoms with Crippen molar-refractivity contribution in [3.05, 3.63) is 34.2 Å². The summed E-state index contributed by atoms with van der Waals surface area (Å²) in [6, 6.07) is 6.27. The number of H-pyrrole nitrogens is 2. The predicted molar refractivity (Wildman–Crippen MR) is 99.2 cm³/mol. The maximum Gasteiger partial charge on any atom is 0.323 e. The van der Waals surface area contributed by atoms with E-state index < -0.39 is 0 Å². The van der Waals surface area contributed by atoms with Gasteiger partial charge in [0.15, 0.2) is 0 Å². The molecule has 0 aliphatic carbocycles. The smallest absolute Gasteiger partial charge is 0.306 e. The molecule has 0 fully saturated rings. The number of hydrogen-bond donors (Lipinski definition) is 2. The van der Waals surface area contributed by atoms with Crippen LogP contribution in [0.5, 0.6) is 0 Å². The van der Waals surface area contributed by atoms with Crippen molar-refractivity contribution in [1.29, 1.82) is 0 Å². The average Bonchev–Trinajstić information content (AvgIpc) is 2.92. The molecule has 1 unspecified atom stereocenters. The lowest BCUT2D eigenvalue weighted by molar-refractivity contribution is 0.539. The average molecular weight is 316 g/mol. The normalized spacial score (nSPS) is 12.8. The summed E-state index contributed by atoms with van der Waals surface area (Å²) < 4.78 is 0. The van der Waals surface area contributed by atoms with Crippen LogP contribution in [0.4, 0.5) is 0 Å². The number of rotatable bonds is 11. The van der Waals surface area contributed by atoms with Crippen molar-refractivity contribution in [2.24, 2.45) is 0 Å². The second kappa shape index (κ2) is 9.59. The van der Waals surface area contributed by atoms with E-state index in [1.165, 1.54) is 69.8 Å². The van der Waals surface area contributed by atoms with Crippen LogP contribution in [0.15, 0.2) is 23.0 Å². The van der Waals surface area contributed by atoms with Crippen molar-refractivity contribution in [1.82, 2.24) is 9.97 Å². The number of hydrogen-bond acceptors (Lipinski definition) is 1. The van der Waals surface area contributed by atoms with Gasteiger partial charge in [0.05, 0.1) is 11.0 Å². The van der Waals surface area contributed by atoms with Gasteiger partial charge in [-0.2, -0.15) is 0 Å². The van der Waals surface area contributed by atoms with Crippen molar-refractivity contribution >= 4 is 11.0 Å². The van der Waals surface area contributed by atoms with Crippen LogP contribution >= 0.6 is 0 Å². The minimum atomic E-state index is -0.122. The van der Waals surface area contributed by atoms with E-state index in [1.54, 1.807) is 0 Å². The van der Waals surface area contributed by atoms with E-state index in [0.717, 1.165) is 11.0 Å². The number of fused-ring (bicyclic) bond motifs is 1. The van der Waals surface area contributed by atoms with Crippen LogP contribution in [0, 0.1) is 0 Å². The molecule has 0 spiro atoms. The predicted octanol–water partition coefficient (Wildman–Crippen LogP) is 5.88. The molecule has 2 rings (SSSR count). The minimum Gasteiger partial charge on any atom is -0.306 e. The molecule has 0 aliphatic heterocycles. The summed E-state index contributed by atoms with van der Waals surface area (Å²) in [6.45, 7) is 4.56. The number of nitrogens with one attached hydrogen (secondary N) is 2. The van der Waals surface area contributed by atoms with Gasteiger partial charge in [0.1, 0.15) is 0 Å². The molecule has 2 N–H and O–H groups in total. The molecule has 1 heterocycles. The van der Waals surface area contributed by atoms with Crippen molar-refractivity contribution in [3.8, 4) is 0 Å². The van der Waals surface area contributed by atoms with E-state index in [-0.39, 0.29) is 5.69 Å². The third-order valence-electron chi connectivity index (χ3n) is 4.85. The lowest BCUT2D eigenvalue weighted by atomic mass is 9.94. The van der Waals surface area contributed by atoms with E-state index >= 15 is 0 Å². The highest BCUT2D eigenvalue weighted by Gasteiger charge is 2.07. The van der Waals surface area contributed by atoms with Gasteiger partial charge in [-0.25, -0.2) is 4.79 Å². The maximum absolute atomic E-state index is 11.3. The molecule has 0 saturated heterocycles. The van der Waals surface area contributed by atoms with Gasteiger partial charge in [-0.3, -0.25) is 0 Å². The monoisotopic (exact) mass is 316 g/mol. The van der Waals surface area contributed by atoms with Gasteiger partial charge in [0.2, 0.25) is 0 Å². The Morgan fingerprint density at radius 3 is 2.17 bits per heavy atom. The fraction of sp³-hybridized carbons (Fsp3) is 0.650. The zero-order chi connectivity index (χ0) is 16.5. The lowest BCUT2D eigenvalue weighted by Crippen LogP contribution is -1.99. The first-order valence-electron chi connectivity index (χ1n) is 9.42. The number of aromatic nitrogens is 2. The number of aromatic amines is 2. The molecule has 1 atom stereocenters. The Balaban J connectivity index is 1.64. The molecule has 0 bridgehead atoms. The van der Waals surface area contributed by atoms with Gasteiger partial charge in [-0.05, 0) is 30.0 Å². The summed E-state index contributed by atoms with van der Waals surface area (Å²) in [4.78, 5) is 17.0. The van der Waals surface area contributed by atoms with Gasteiger partial charge in [0, 0.05) is 0 Å². The second-order valence-corrected chi connectivity index (χ2v) is 6.90. The molecule has 3 heteroatoms. The molecule has 23 heavy (non-hydrogen) atoms. The van der Waals surface area contributed by atoms with Gasteiger partial charge in [-0.15, -0.1) is 0 Å². The third kappa shape index (κ3) is 5.89. The summed E-state index contributed by atoms with van der Waals surface area (Å²) in [5.74, 6) is 0.558. The zero-order valence-electron chi connectivity index (χ0n) is 14.8. The van der Waals surface area contributed by atoms with Crippen molar-refractivity contribution in [3.63, 3.8) is 0 Å². The number of benzene rings is 1. The SMILES string of the molecule is CCCCCCCCCCCC(C)c1ccc2[nH]c(=O)[nH]c2c1. The Morgan fingerprint density at radius 1 is 0.870 bits per heavy atom. The summed E-state index contributed by atoms with van der Waals surface area (Å²) in [5, 5.41) is 0. The molecule has 0 aliphatic rings. The zero-order valence-corrected chi connectivity index (χ0v) is 14.8. The van der Waals surface area contributed by atoms with Crippen LogP contribution in [-0.2, 0) is 0 Å². The molecule has 0 radical (unpaired) electrons. The first kappa shape index (κ1) is 17.8. The Bertz CT molecular complexity index is 626. The van der Waals surface area contributed by atoms with E-state index in [2.05, 4.69) is 35.9 Å². The topological polar surface area (TPSA) is 48.6 Å². The van der Waals surface area contributed by atoms with E-state index in [4.69, 9.17) is 0 Å². The summed E-state index contributed by atoms with van der Waals surface area (Å²) in [6.07, 6.45) is 13.6. The second-order valence-electron chi connectivity index (χ2n) is 6.90. The standard InChI is InChI=1S/C20H32N2O/c1-3-4-5-6-7-8-9-10-11-12-16(2)17-13-14-18-19(15-17)22-20(23)21-18/h13-16H,3-12H2,1-2H3,(H2,21,22,23). The fourth-order valence-corrected chi connectivity index (χ4v) is 3.28. The van der Waals surface area contributed by atoms with Crippen LogP contribution in [0.3, 0.4) is 0 Å². The van der Waals surface area contributed by atoms with Gasteiger partial charge < -0.3 is 9.97 Å². The quantitative estimate of drug-likeness (QED) is 0.500. The lowest BCUT2D eigenvalue weighted by Gasteiger charge is -2.11. The van der Waals surface area contributed by atoms with Crippen molar-refractivity contribution in [2.75, 3.05) is 0 Å². The van der Waals surface area contributed by atoms with E-state index in [9.17, 15) is 4.79 Å². The summed E-state index contributed by atoms with van der Waals surface area (Å²) in [5.41, 5.74) is 3.02. The Kier molecular flexibility index (Phi) is 7.44. The van der Waals surface area contributed by atoms with Gasteiger partial charge >= 0.3 is 5.69 Å². The molecular formula is C20H32N2O. The van der Waals surface area contributed by atoms with Crippen molar-refractivity contribution in [2.45, 2.75) is 84.0 Å². The van der Waals surface area contributed by atoms with Gasteiger partial charge in [-0.1, -0.05) is 77.7 Å². The molecule has 3 nitrogen and oxygen atoms in total. The maximum atomic E-state index is 11.3. The number of unbranched alkanes of at least 4 members (excludes halogenated alkanes) is 8. The first-order valence-corrected chi connectivity index (χ1v) is 9.42. The summed E-state index contributed by atoms with van der Waals surface area (Å²) >= 11 is 0. The van der Waals surface area contributed by atoms with Gasteiger partial charge in [0.25, 0.3) is 0 Å². The largest absolute Gasteiger partial charge is 0.323 e. The highest BCUT2D eigenvalue weighted by atomic mass is 16.1. The molecule has 1 aromatic carbocycles. The molecule has 0 saturated carbocycles. The minimum absolute atomic E-state index is 0.122. The Labute approximate surface area is 139 Å². The molecule has 128 valence electrons. The summed E-state index contributed by atoms with van der Waals surface area (Å²) in [7, 11) is 0. The van der Waals surface area contributed by atoms with Crippen LogP contribution < -0.4 is 5.69 Å². The fourth-order valence-electron chi connectivity index (χ4n) is 3.28. The van der Waals surface area contributed by atoms with Crippen LogP contribution in [0.2, 0.25) is 0 Å². The Hall–Kier alpha value is -1.51. The Morgan fingerprint density at radius 2 is 1.48 bits per heavy atom. The van der Waals surface area contributed by atoms with E-state index in [0.29, 0.717) is 5.92 Å². The number of imidazole rings is 1. The molecule has 2 aromatic rings. The molecule has 0 amide bonds. The van der Waals surface area contributed by atoms with Crippen LogP contribution in [0.1, 0.15) is 89.5 Å².